The van der Waals surface area contributed by atoms with Crippen molar-refractivity contribution in [2.75, 3.05) is 5.32 Å². The zero-order valence-electron chi connectivity index (χ0n) is 10.5. The number of nitrogens with zero attached hydrogens (tertiary/aromatic N) is 2. The first kappa shape index (κ1) is 12.2. The number of aromatic nitrogens is 2. The Labute approximate surface area is 104 Å². The van der Waals surface area contributed by atoms with E-state index in [9.17, 15) is 9.90 Å². The number of fused-ring (bicyclic) bond motifs is 1. The molecule has 0 radical (unpaired) electrons. The normalized spacial score (nSPS) is 11.5. The molecule has 0 aliphatic carbocycles. The molecular formula is C12H15N3O3. The maximum absolute atomic E-state index is 11.7. The Bertz CT molecular complexity index is 584. The molecule has 0 atom stereocenters. The average molecular weight is 249 g/mol. The Morgan fingerprint density at radius 2 is 2.22 bits per heavy atom. The van der Waals surface area contributed by atoms with Crippen molar-refractivity contribution in [1.29, 1.82) is 0 Å². The molecule has 18 heavy (non-hydrogen) atoms. The van der Waals surface area contributed by atoms with Gasteiger partial charge in [0.25, 0.3) is 0 Å². The van der Waals surface area contributed by atoms with E-state index < -0.39 is 11.7 Å². The molecule has 2 N–H and O–H groups in total. The van der Waals surface area contributed by atoms with Crippen LogP contribution < -0.4 is 5.32 Å². The first-order valence-corrected chi connectivity index (χ1v) is 5.51. The third kappa shape index (κ3) is 2.71. The molecule has 96 valence electrons. The third-order valence-electron chi connectivity index (χ3n) is 2.13. The summed E-state index contributed by atoms with van der Waals surface area (Å²) in [7, 11) is 0. The lowest BCUT2D eigenvalue weighted by Crippen LogP contribution is -2.27. The van der Waals surface area contributed by atoms with Crippen LogP contribution in [-0.2, 0) is 4.74 Å². The first-order valence-electron chi connectivity index (χ1n) is 5.51. The maximum Gasteiger partial charge on any atom is 0.412 e. The molecule has 2 rings (SSSR count). The zero-order valence-corrected chi connectivity index (χ0v) is 10.5. The summed E-state index contributed by atoms with van der Waals surface area (Å²) in [5.41, 5.74) is 0.553. The van der Waals surface area contributed by atoms with Crippen LogP contribution in [0.4, 0.5) is 10.5 Å². The minimum Gasteiger partial charge on any atom is -0.506 e. The van der Waals surface area contributed by atoms with Gasteiger partial charge >= 0.3 is 6.09 Å². The molecule has 2 heterocycles. The van der Waals surface area contributed by atoms with Gasteiger partial charge in [-0.25, -0.2) is 9.31 Å². The van der Waals surface area contributed by atoms with Gasteiger partial charge in [-0.05, 0) is 26.8 Å². The van der Waals surface area contributed by atoms with Crippen LogP contribution in [0.5, 0.6) is 5.75 Å². The number of rotatable bonds is 1. The highest BCUT2D eigenvalue weighted by molar-refractivity contribution is 5.91. The molecule has 0 fully saturated rings. The Morgan fingerprint density at radius 3 is 2.89 bits per heavy atom. The Morgan fingerprint density at radius 1 is 1.50 bits per heavy atom. The van der Waals surface area contributed by atoms with Crippen LogP contribution in [-0.4, -0.2) is 26.4 Å². The predicted molar refractivity (Wildman–Crippen MR) is 66.7 cm³/mol. The van der Waals surface area contributed by atoms with Gasteiger partial charge in [-0.15, -0.1) is 0 Å². The van der Waals surface area contributed by atoms with Crippen LogP contribution in [0, 0.1) is 0 Å². The summed E-state index contributed by atoms with van der Waals surface area (Å²) in [5.74, 6) is 0.0114. The molecule has 6 heteroatoms. The third-order valence-corrected chi connectivity index (χ3v) is 2.13. The molecule has 2 aromatic heterocycles. The van der Waals surface area contributed by atoms with Crippen molar-refractivity contribution in [3.05, 3.63) is 24.5 Å². The summed E-state index contributed by atoms with van der Waals surface area (Å²) in [4.78, 5) is 11.7. The van der Waals surface area contributed by atoms with Crippen molar-refractivity contribution in [2.24, 2.45) is 0 Å². The van der Waals surface area contributed by atoms with Gasteiger partial charge in [0.05, 0.1) is 23.6 Å². The molecule has 0 aliphatic rings. The second-order valence-electron chi connectivity index (χ2n) is 4.90. The van der Waals surface area contributed by atoms with Crippen LogP contribution in [0.1, 0.15) is 20.8 Å². The van der Waals surface area contributed by atoms with E-state index in [0.29, 0.717) is 11.2 Å². The number of pyridine rings is 1. The molecular weight excluding hydrogens is 234 g/mol. The van der Waals surface area contributed by atoms with Crippen LogP contribution >= 0.6 is 0 Å². The lowest BCUT2D eigenvalue weighted by Gasteiger charge is -2.19. The summed E-state index contributed by atoms with van der Waals surface area (Å²) in [6.45, 7) is 5.34. The highest BCUT2D eigenvalue weighted by Crippen LogP contribution is 2.22. The minimum atomic E-state index is -0.573. The van der Waals surface area contributed by atoms with Crippen molar-refractivity contribution in [2.45, 2.75) is 26.4 Å². The van der Waals surface area contributed by atoms with Gasteiger partial charge in [-0.3, -0.25) is 5.32 Å². The highest BCUT2D eigenvalue weighted by atomic mass is 16.6. The van der Waals surface area contributed by atoms with Gasteiger partial charge in [0, 0.05) is 6.07 Å². The smallest absolute Gasteiger partial charge is 0.412 e. The van der Waals surface area contributed by atoms with Crippen molar-refractivity contribution < 1.29 is 14.6 Å². The van der Waals surface area contributed by atoms with E-state index in [0.717, 1.165) is 0 Å². The summed E-state index contributed by atoms with van der Waals surface area (Å²) in [5, 5.41) is 16.1. The number of aromatic hydroxyl groups is 1. The Balaban J connectivity index is 2.26. The quantitative estimate of drug-likeness (QED) is 0.813. The summed E-state index contributed by atoms with van der Waals surface area (Å²) in [6, 6.07) is 3.17. The number of carbonyl (C=O) groups is 1. The lowest BCUT2D eigenvalue weighted by atomic mass is 10.2. The van der Waals surface area contributed by atoms with Gasteiger partial charge in [-0.1, -0.05) is 0 Å². The van der Waals surface area contributed by atoms with E-state index in [1.54, 1.807) is 33.0 Å². The second kappa shape index (κ2) is 4.21. The number of ether oxygens (including phenoxy) is 1. The molecule has 6 nitrogen and oxygen atoms in total. The van der Waals surface area contributed by atoms with Gasteiger partial charge < -0.3 is 9.84 Å². The lowest BCUT2D eigenvalue weighted by molar-refractivity contribution is 0.0636. The number of hydrogen-bond donors (Lipinski definition) is 2. The van der Waals surface area contributed by atoms with E-state index in [1.807, 2.05) is 0 Å². The summed E-state index contributed by atoms with van der Waals surface area (Å²) >= 11 is 0. The molecule has 0 unspecified atom stereocenters. The topological polar surface area (TPSA) is 75.9 Å². The second-order valence-corrected chi connectivity index (χ2v) is 4.90. The van der Waals surface area contributed by atoms with E-state index >= 15 is 0 Å². The number of amides is 1. The first-order chi connectivity index (χ1) is 8.35. The van der Waals surface area contributed by atoms with Gasteiger partial charge in [0.2, 0.25) is 0 Å². The molecule has 0 aromatic carbocycles. The van der Waals surface area contributed by atoms with E-state index in [1.165, 1.54) is 16.8 Å². The van der Waals surface area contributed by atoms with Crippen molar-refractivity contribution in [1.82, 2.24) is 9.61 Å². The SMILES string of the molecule is CC(C)(C)OC(=O)Nc1cc(O)cn2nccc12. The van der Waals surface area contributed by atoms with Gasteiger partial charge in [-0.2, -0.15) is 5.10 Å². The van der Waals surface area contributed by atoms with Crippen LogP contribution in [0.25, 0.3) is 5.52 Å². The summed E-state index contributed by atoms with van der Waals surface area (Å²) < 4.78 is 6.62. The molecule has 0 bridgehead atoms. The predicted octanol–water partition coefficient (Wildman–Crippen LogP) is 2.39. The Kier molecular flexibility index (Phi) is 2.86. The highest BCUT2D eigenvalue weighted by Gasteiger charge is 2.17. The minimum absolute atomic E-state index is 0.0114. The molecule has 1 amide bonds. The van der Waals surface area contributed by atoms with Crippen molar-refractivity contribution >= 4 is 17.3 Å². The molecule has 0 saturated heterocycles. The molecule has 0 spiro atoms. The fourth-order valence-electron chi connectivity index (χ4n) is 1.53. The van der Waals surface area contributed by atoms with E-state index in [4.69, 9.17) is 4.74 Å². The van der Waals surface area contributed by atoms with E-state index in [2.05, 4.69) is 10.4 Å². The fourth-order valence-corrected chi connectivity index (χ4v) is 1.53. The van der Waals surface area contributed by atoms with Crippen molar-refractivity contribution in [3.8, 4) is 5.75 Å². The monoisotopic (exact) mass is 249 g/mol. The zero-order chi connectivity index (χ0) is 13.3. The van der Waals surface area contributed by atoms with Crippen LogP contribution in [0.3, 0.4) is 0 Å². The average Bonchev–Trinajstić information content (AvgIpc) is 2.61. The van der Waals surface area contributed by atoms with Crippen molar-refractivity contribution in [3.63, 3.8) is 0 Å². The Hall–Kier alpha value is -2.24. The number of hydrogen-bond acceptors (Lipinski definition) is 4. The van der Waals surface area contributed by atoms with Gasteiger partial charge in [0.15, 0.2) is 0 Å². The molecule has 2 aromatic rings. The van der Waals surface area contributed by atoms with Crippen LogP contribution in [0.15, 0.2) is 24.5 Å². The number of nitrogens with one attached hydrogen (secondary N) is 1. The number of anilines is 1. The fraction of sp³-hybridized carbons (Fsp3) is 0.333. The van der Waals surface area contributed by atoms with Gasteiger partial charge in [0.1, 0.15) is 11.4 Å². The maximum atomic E-state index is 11.7. The van der Waals surface area contributed by atoms with Crippen LogP contribution in [0.2, 0.25) is 0 Å². The molecule has 0 aliphatic heterocycles. The molecule has 0 saturated carbocycles. The largest absolute Gasteiger partial charge is 0.506 e. The summed E-state index contributed by atoms with van der Waals surface area (Å²) in [6.07, 6.45) is 2.46. The number of carbonyl (C=O) groups excluding carboxylic acids is 1. The standard InChI is InChI=1S/C12H15N3O3/c1-12(2,3)18-11(17)14-9-6-8(16)7-15-10(9)4-5-13-15/h4-7,16H,1-3H3,(H,14,17). The van der Waals surface area contributed by atoms with E-state index in [-0.39, 0.29) is 5.75 Å².